The molecule has 1 aromatic heterocycles. The van der Waals surface area contributed by atoms with Crippen LogP contribution in [0.2, 0.25) is 0 Å². The second-order valence-corrected chi connectivity index (χ2v) is 6.76. The summed E-state index contributed by atoms with van der Waals surface area (Å²) in [7, 11) is 0. The zero-order chi connectivity index (χ0) is 22.1. The van der Waals surface area contributed by atoms with Crippen LogP contribution in [0.3, 0.4) is 0 Å². The Morgan fingerprint density at radius 3 is 2.55 bits per heavy atom. The van der Waals surface area contributed by atoms with Gasteiger partial charge in [-0.2, -0.15) is 0 Å². The van der Waals surface area contributed by atoms with E-state index in [1.165, 1.54) is 6.26 Å². The minimum Gasteiger partial charge on any atom is -0.490 e. The van der Waals surface area contributed by atoms with Gasteiger partial charge in [0.2, 0.25) is 0 Å². The van der Waals surface area contributed by atoms with E-state index >= 15 is 0 Å². The Hall–Kier alpha value is -3.74. The molecule has 0 saturated carbocycles. The van der Waals surface area contributed by atoms with Crippen LogP contribution in [0.25, 0.3) is 0 Å². The average molecular weight is 422 g/mol. The lowest BCUT2D eigenvalue weighted by molar-refractivity contribution is 0.0949. The van der Waals surface area contributed by atoms with Gasteiger partial charge in [-0.05, 0) is 61.4 Å². The lowest BCUT2D eigenvalue weighted by Gasteiger charge is -2.13. The second-order valence-electron chi connectivity index (χ2n) is 6.76. The molecule has 2 amide bonds. The number of carbonyl (C=O) groups excluding carboxylic acids is 2. The molecule has 0 aliphatic rings. The fourth-order valence-electron chi connectivity index (χ4n) is 2.89. The molecule has 0 radical (unpaired) electrons. The third-order valence-electron chi connectivity index (χ3n) is 4.35. The first-order valence-corrected chi connectivity index (χ1v) is 10.2. The average Bonchev–Trinajstić information content (AvgIpc) is 3.32. The normalized spacial score (nSPS) is 10.4. The van der Waals surface area contributed by atoms with Crippen molar-refractivity contribution in [2.24, 2.45) is 0 Å². The third-order valence-corrected chi connectivity index (χ3v) is 4.35. The molecule has 0 spiro atoms. The van der Waals surface area contributed by atoms with Crippen LogP contribution >= 0.6 is 0 Å². The Kier molecular flexibility index (Phi) is 7.70. The highest BCUT2D eigenvalue weighted by Gasteiger charge is 2.12. The van der Waals surface area contributed by atoms with Gasteiger partial charge in [-0.15, -0.1) is 0 Å². The molecule has 0 bridgehead atoms. The first-order valence-electron chi connectivity index (χ1n) is 10.2. The largest absolute Gasteiger partial charge is 0.490 e. The van der Waals surface area contributed by atoms with Gasteiger partial charge in [0.05, 0.1) is 19.5 Å². The van der Waals surface area contributed by atoms with Crippen LogP contribution in [-0.4, -0.2) is 25.0 Å². The quantitative estimate of drug-likeness (QED) is 0.496. The highest BCUT2D eigenvalue weighted by atomic mass is 16.5. The highest BCUT2D eigenvalue weighted by Crippen LogP contribution is 2.28. The van der Waals surface area contributed by atoms with Crippen LogP contribution in [0.15, 0.2) is 65.3 Å². The summed E-state index contributed by atoms with van der Waals surface area (Å²) in [6.45, 7) is 5.28. The van der Waals surface area contributed by atoms with Crippen LogP contribution in [0.4, 0.5) is 5.69 Å². The van der Waals surface area contributed by atoms with Crippen LogP contribution in [0, 0.1) is 0 Å². The second kappa shape index (κ2) is 10.9. The number of rotatable bonds is 10. The molecule has 3 rings (SSSR count). The Morgan fingerprint density at radius 2 is 1.81 bits per heavy atom. The van der Waals surface area contributed by atoms with E-state index in [2.05, 4.69) is 10.6 Å². The first kappa shape index (κ1) is 22.0. The van der Waals surface area contributed by atoms with Gasteiger partial charge in [-0.1, -0.05) is 19.1 Å². The summed E-state index contributed by atoms with van der Waals surface area (Å²) in [5.74, 6) is 0.842. The van der Waals surface area contributed by atoms with Crippen molar-refractivity contribution >= 4 is 17.5 Å². The van der Waals surface area contributed by atoms with Crippen molar-refractivity contribution in [3.63, 3.8) is 0 Å². The van der Waals surface area contributed by atoms with Crippen molar-refractivity contribution in [2.75, 3.05) is 18.5 Å². The lowest BCUT2D eigenvalue weighted by Crippen LogP contribution is -2.23. The molecule has 0 unspecified atom stereocenters. The van der Waals surface area contributed by atoms with Crippen molar-refractivity contribution < 1.29 is 23.5 Å². The summed E-state index contributed by atoms with van der Waals surface area (Å²) in [5.41, 5.74) is 1.94. The van der Waals surface area contributed by atoms with Crippen molar-refractivity contribution in [1.82, 2.24) is 5.32 Å². The topological polar surface area (TPSA) is 89.8 Å². The maximum absolute atomic E-state index is 12.6. The summed E-state index contributed by atoms with van der Waals surface area (Å²) >= 11 is 0. The van der Waals surface area contributed by atoms with E-state index in [0.29, 0.717) is 42.5 Å². The predicted molar refractivity (Wildman–Crippen MR) is 118 cm³/mol. The zero-order valence-corrected chi connectivity index (χ0v) is 17.6. The van der Waals surface area contributed by atoms with Crippen molar-refractivity contribution in [3.05, 3.63) is 77.7 Å². The molecular formula is C24H26N2O5. The predicted octanol–water partition coefficient (Wildman–Crippen LogP) is 4.65. The van der Waals surface area contributed by atoms with Gasteiger partial charge in [-0.25, -0.2) is 0 Å². The molecule has 162 valence electrons. The molecule has 0 saturated heterocycles. The maximum Gasteiger partial charge on any atom is 0.291 e. The monoisotopic (exact) mass is 422 g/mol. The summed E-state index contributed by atoms with van der Waals surface area (Å²) in [6.07, 6.45) is 2.33. The van der Waals surface area contributed by atoms with Gasteiger partial charge in [0.15, 0.2) is 17.3 Å². The molecule has 0 aliphatic heterocycles. The number of nitrogens with one attached hydrogen (secondary N) is 2. The number of hydrogen-bond acceptors (Lipinski definition) is 5. The van der Waals surface area contributed by atoms with Crippen LogP contribution in [-0.2, 0) is 6.54 Å². The van der Waals surface area contributed by atoms with Crippen LogP contribution in [0.1, 0.15) is 46.7 Å². The molecule has 2 N–H and O–H groups in total. The Balaban J connectivity index is 1.62. The van der Waals surface area contributed by atoms with E-state index in [1.807, 2.05) is 26.0 Å². The molecule has 31 heavy (non-hydrogen) atoms. The Labute approximate surface area is 181 Å². The third kappa shape index (κ3) is 6.12. The maximum atomic E-state index is 12.6. The Morgan fingerprint density at radius 1 is 0.935 bits per heavy atom. The zero-order valence-electron chi connectivity index (χ0n) is 17.6. The molecule has 3 aromatic rings. The number of anilines is 1. The lowest BCUT2D eigenvalue weighted by atomic mass is 10.1. The first-order chi connectivity index (χ1) is 15.1. The van der Waals surface area contributed by atoms with E-state index in [-0.39, 0.29) is 17.6 Å². The van der Waals surface area contributed by atoms with E-state index in [0.717, 1.165) is 12.0 Å². The van der Waals surface area contributed by atoms with Gasteiger partial charge in [-0.3, -0.25) is 9.59 Å². The summed E-state index contributed by atoms with van der Waals surface area (Å²) < 4.78 is 16.4. The smallest absolute Gasteiger partial charge is 0.291 e. The number of furan rings is 1. The molecule has 0 fully saturated rings. The summed E-state index contributed by atoms with van der Waals surface area (Å²) in [5, 5.41) is 5.66. The number of carbonyl (C=O) groups is 2. The SMILES string of the molecule is CCCOc1ccc(C(=O)NCc2cccc(NC(=O)c3ccco3)c2)cc1OCC. The number of benzene rings is 2. The molecular weight excluding hydrogens is 396 g/mol. The minimum absolute atomic E-state index is 0.229. The Bertz CT molecular complexity index is 1010. The van der Waals surface area contributed by atoms with Crippen molar-refractivity contribution in [2.45, 2.75) is 26.8 Å². The standard InChI is InChI=1S/C24H26N2O5/c1-3-12-30-20-11-10-18(15-22(20)29-4-2)23(27)25-16-17-7-5-8-19(14-17)26-24(28)21-9-6-13-31-21/h5-11,13-15H,3-4,12,16H2,1-2H3,(H,25,27)(H,26,28). The van der Waals surface area contributed by atoms with E-state index in [4.69, 9.17) is 13.9 Å². The molecule has 7 heteroatoms. The number of amides is 2. The van der Waals surface area contributed by atoms with Gasteiger partial charge in [0.1, 0.15) is 0 Å². The van der Waals surface area contributed by atoms with E-state index < -0.39 is 0 Å². The molecule has 2 aromatic carbocycles. The van der Waals surface area contributed by atoms with Gasteiger partial charge < -0.3 is 24.5 Å². The molecule has 1 heterocycles. The van der Waals surface area contributed by atoms with Crippen molar-refractivity contribution in [1.29, 1.82) is 0 Å². The van der Waals surface area contributed by atoms with Crippen LogP contribution in [0.5, 0.6) is 11.5 Å². The molecule has 7 nitrogen and oxygen atoms in total. The van der Waals surface area contributed by atoms with Gasteiger partial charge in [0.25, 0.3) is 11.8 Å². The van der Waals surface area contributed by atoms with Crippen molar-refractivity contribution in [3.8, 4) is 11.5 Å². The van der Waals surface area contributed by atoms with Gasteiger partial charge >= 0.3 is 0 Å². The van der Waals surface area contributed by atoms with E-state index in [1.54, 1.807) is 42.5 Å². The fourth-order valence-corrected chi connectivity index (χ4v) is 2.89. The van der Waals surface area contributed by atoms with E-state index in [9.17, 15) is 9.59 Å². The molecule has 0 aliphatic carbocycles. The summed E-state index contributed by atoms with van der Waals surface area (Å²) in [6, 6.07) is 15.6. The number of hydrogen-bond donors (Lipinski definition) is 2. The van der Waals surface area contributed by atoms with Crippen LogP contribution < -0.4 is 20.1 Å². The fraction of sp³-hybridized carbons (Fsp3) is 0.250. The van der Waals surface area contributed by atoms with Gasteiger partial charge in [0, 0.05) is 17.8 Å². The molecule has 0 atom stereocenters. The highest BCUT2D eigenvalue weighted by molar-refractivity contribution is 6.02. The number of ether oxygens (including phenoxy) is 2. The summed E-state index contributed by atoms with van der Waals surface area (Å²) in [4.78, 5) is 24.7. The minimum atomic E-state index is -0.333.